The third kappa shape index (κ3) is 5.52. The smallest absolute Gasteiger partial charge is 0.254 e. The molecule has 134 valence electrons. The van der Waals surface area contributed by atoms with Gasteiger partial charge in [0.05, 0.1) is 10.0 Å². The van der Waals surface area contributed by atoms with Gasteiger partial charge in [0.15, 0.2) is 0 Å². The van der Waals surface area contributed by atoms with E-state index in [9.17, 15) is 9.59 Å². The summed E-state index contributed by atoms with van der Waals surface area (Å²) in [4.78, 5) is 26.1. The lowest BCUT2D eigenvalue weighted by atomic mass is 10.0. The van der Waals surface area contributed by atoms with E-state index in [4.69, 9.17) is 28.9 Å². The number of carbonyl (C=O) groups excluding carboxylic acids is 2. The summed E-state index contributed by atoms with van der Waals surface area (Å²) in [5.41, 5.74) is 5.88. The number of nitrogens with zero attached hydrogens (tertiary/aromatic N) is 1. The number of halogens is 3. The van der Waals surface area contributed by atoms with Gasteiger partial charge in [0.1, 0.15) is 0 Å². The first-order valence-corrected chi connectivity index (χ1v) is 8.51. The molecule has 0 spiro atoms. The molecule has 1 unspecified atom stereocenters. The first kappa shape index (κ1) is 21.0. The molecule has 0 saturated carbocycles. The van der Waals surface area contributed by atoms with Gasteiger partial charge in [-0.2, -0.15) is 0 Å². The number of rotatable bonds is 5. The lowest BCUT2D eigenvalue weighted by Crippen LogP contribution is -2.49. The Morgan fingerprint density at radius 3 is 2.67 bits per heavy atom. The highest BCUT2D eigenvalue weighted by molar-refractivity contribution is 6.42. The van der Waals surface area contributed by atoms with Gasteiger partial charge in [0, 0.05) is 37.7 Å². The summed E-state index contributed by atoms with van der Waals surface area (Å²) in [6.45, 7) is 1.45. The van der Waals surface area contributed by atoms with E-state index in [1.807, 2.05) is 4.90 Å². The molecule has 8 heteroatoms. The molecule has 1 aliphatic heterocycles. The SMILES string of the molecule is Cl.NCCC(=O)NCC1CCCCN1C(=O)c1ccc(Cl)c(Cl)c1. The van der Waals surface area contributed by atoms with Crippen LogP contribution in [0.5, 0.6) is 0 Å². The maximum atomic E-state index is 12.7. The van der Waals surface area contributed by atoms with E-state index in [0.29, 0.717) is 41.7 Å². The maximum absolute atomic E-state index is 12.7. The second-order valence-corrected chi connectivity index (χ2v) is 6.43. The molecular weight excluding hydrogens is 373 g/mol. The summed E-state index contributed by atoms with van der Waals surface area (Å²) in [6, 6.07) is 4.88. The molecule has 2 amide bonds. The minimum absolute atomic E-state index is 0. The van der Waals surface area contributed by atoms with Crippen molar-refractivity contribution in [2.45, 2.75) is 31.7 Å². The fourth-order valence-electron chi connectivity index (χ4n) is 2.73. The summed E-state index contributed by atoms with van der Waals surface area (Å²) < 4.78 is 0. The van der Waals surface area contributed by atoms with Gasteiger partial charge in [-0.3, -0.25) is 9.59 Å². The highest BCUT2D eigenvalue weighted by Gasteiger charge is 2.28. The highest BCUT2D eigenvalue weighted by Crippen LogP contribution is 2.25. The van der Waals surface area contributed by atoms with E-state index >= 15 is 0 Å². The summed E-state index contributed by atoms with van der Waals surface area (Å²) >= 11 is 11.9. The van der Waals surface area contributed by atoms with Crippen LogP contribution in [-0.2, 0) is 4.79 Å². The first-order chi connectivity index (χ1) is 11.0. The summed E-state index contributed by atoms with van der Waals surface area (Å²) in [6.07, 6.45) is 3.17. The van der Waals surface area contributed by atoms with Crippen LogP contribution >= 0.6 is 35.6 Å². The van der Waals surface area contributed by atoms with Gasteiger partial charge in [-0.25, -0.2) is 0 Å². The number of hydrogen-bond donors (Lipinski definition) is 2. The van der Waals surface area contributed by atoms with E-state index in [0.717, 1.165) is 19.3 Å². The van der Waals surface area contributed by atoms with Crippen LogP contribution in [0.4, 0.5) is 0 Å². The molecule has 0 bridgehead atoms. The quantitative estimate of drug-likeness (QED) is 0.806. The van der Waals surface area contributed by atoms with Gasteiger partial charge in [-0.05, 0) is 37.5 Å². The van der Waals surface area contributed by atoms with Crippen molar-refractivity contribution in [1.82, 2.24) is 10.2 Å². The lowest BCUT2D eigenvalue weighted by molar-refractivity contribution is -0.121. The van der Waals surface area contributed by atoms with Crippen LogP contribution in [0, 0.1) is 0 Å². The standard InChI is InChI=1S/C16H21Cl2N3O2.ClH/c17-13-5-4-11(9-14(13)18)16(23)21-8-2-1-3-12(21)10-20-15(22)6-7-19;/h4-5,9,12H,1-3,6-8,10,19H2,(H,20,22);1H. The van der Waals surface area contributed by atoms with Crippen LogP contribution in [0.1, 0.15) is 36.0 Å². The largest absolute Gasteiger partial charge is 0.354 e. The predicted molar refractivity (Wildman–Crippen MR) is 99.1 cm³/mol. The molecule has 3 N–H and O–H groups in total. The van der Waals surface area contributed by atoms with Gasteiger partial charge >= 0.3 is 0 Å². The van der Waals surface area contributed by atoms with Crippen LogP contribution < -0.4 is 11.1 Å². The van der Waals surface area contributed by atoms with Crippen molar-refractivity contribution in [3.8, 4) is 0 Å². The monoisotopic (exact) mass is 393 g/mol. The van der Waals surface area contributed by atoms with Gasteiger partial charge < -0.3 is 16.0 Å². The van der Waals surface area contributed by atoms with Crippen molar-refractivity contribution in [2.24, 2.45) is 5.73 Å². The number of hydrogen-bond acceptors (Lipinski definition) is 3. The fraction of sp³-hybridized carbons (Fsp3) is 0.500. The maximum Gasteiger partial charge on any atom is 0.254 e. The molecule has 1 aliphatic rings. The average Bonchev–Trinajstić information content (AvgIpc) is 2.55. The van der Waals surface area contributed by atoms with E-state index in [-0.39, 0.29) is 30.3 Å². The number of amides is 2. The third-order valence-electron chi connectivity index (χ3n) is 3.96. The Labute approximate surface area is 158 Å². The van der Waals surface area contributed by atoms with E-state index in [1.165, 1.54) is 0 Å². The molecular formula is C16H22Cl3N3O2. The van der Waals surface area contributed by atoms with Crippen LogP contribution in [0.25, 0.3) is 0 Å². The molecule has 1 atom stereocenters. The van der Waals surface area contributed by atoms with Gasteiger partial charge in [0.2, 0.25) is 5.91 Å². The van der Waals surface area contributed by atoms with Crippen molar-refractivity contribution >= 4 is 47.4 Å². The zero-order valence-corrected chi connectivity index (χ0v) is 15.6. The van der Waals surface area contributed by atoms with Gasteiger partial charge in [-0.1, -0.05) is 23.2 Å². The fourth-order valence-corrected chi connectivity index (χ4v) is 3.02. The molecule has 1 saturated heterocycles. The molecule has 1 aromatic rings. The second-order valence-electron chi connectivity index (χ2n) is 5.62. The van der Waals surface area contributed by atoms with Gasteiger partial charge in [0.25, 0.3) is 5.91 Å². The Balaban J connectivity index is 0.00000288. The number of carbonyl (C=O) groups is 2. The molecule has 0 aromatic heterocycles. The summed E-state index contributed by atoms with van der Waals surface area (Å²) in [5.74, 6) is -0.165. The van der Waals surface area contributed by atoms with Crippen molar-refractivity contribution in [2.75, 3.05) is 19.6 Å². The Kier molecular flexibility index (Phi) is 8.84. The molecule has 1 fully saturated rings. The average molecular weight is 395 g/mol. The van der Waals surface area contributed by atoms with E-state index in [1.54, 1.807) is 18.2 Å². The predicted octanol–water partition coefficient (Wildman–Crippen LogP) is 2.87. The van der Waals surface area contributed by atoms with Crippen molar-refractivity contribution in [1.29, 1.82) is 0 Å². The Bertz CT molecular complexity index is 584. The molecule has 0 radical (unpaired) electrons. The molecule has 0 aliphatic carbocycles. The molecule has 1 aromatic carbocycles. The van der Waals surface area contributed by atoms with Crippen LogP contribution in [0.2, 0.25) is 10.0 Å². The summed E-state index contributed by atoms with van der Waals surface area (Å²) in [7, 11) is 0. The van der Waals surface area contributed by atoms with Crippen LogP contribution in [0.15, 0.2) is 18.2 Å². The zero-order valence-electron chi connectivity index (χ0n) is 13.3. The van der Waals surface area contributed by atoms with Crippen molar-refractivity contribution < 1.29 is 9.59 Å². The number of piperidine rings is 1. The minimum atomic E-state index is -0.0833. The number of nitrogens with one attached hydrogen (secondary N) is 1. The molecule has 5 nitrogen and oxygen atoms in total. The van der Waals surface area contributed by atoms with Crippen molar-refractivity contribution in [3.05, 3.63) is 33.8 Å². The molecule has 1 heterocycles. The number of benzene rings is 1. The molecule has 2 rings (SSSR count). The Morgan fingerprint density at radius 2 is 2.00 bits per heavy atom. The highest BCUT2D eigenvalue weighted by atomic mass is 35.5. The second kappa shape index (κ2) is 10.1. The topological polar surface area (TPSA) is 75.4 Å². The Morgan fingerprint density at radius 1 is 1.25 bits per heavy atom. The summed E-state index contributed by atoms with van der Waals surface area (Å²) in [5, 5.41) is 3.64. The third-order valence-corrected chi connectivity index (χ3v) is 4.70. The van der Waals surface area contributed by atoms with Crippen LogP contribution in [-0.4, -0.2) is 42.4 Å². The Hall–Kier alpha value is -1.01. The minimum Gasteiger partial charge on any atom is -0.354 e. The van der Waals surface area contributed by atoms with Gasteiger partial charge in [-0.15, -0.1) is 12.4 Å². The zero-order chi connectivity index (χ0) is 16.8. The van der Waals surface area contributed by atoms with E-state index in [2.05, 4.69) is 5.32 Å². The first-order valence-electron chi connectivity index (χ1n) is 7.75. The van der Waals surface area contributed by atoms with Crippen LogP contribution in [0.3, 0.4) is 0 Å². The normalized spacial score (nSPS) is 17.1. The molecule has 24 heavy (non-hydrogen) atoms. The number of nitrogens with two attached hydrogens (primary N) is 1. The number of likely N-dealkylation sites (tertiary alicyclic amines) is 1. The lowest BCUT2D eigenvalue weighted by Gasteiger charge is -2.36. The van der Waals surface area contributed by atoms with E-state index < -0.39 is 0 Å². The van der Waals surface area contributed by atoms with Crippen molar-refractivity contribution in [3.63, 3.8) is 0 Å².